The monoisotopic (exact) mass is 369 g/mol. The van der Waals surface area contributed by atoms with Crippen LogP contribution in [-0.2, 0) is 9.59 Å². The quantitative estimate of drug-likeness (QED) is 0.792. The minimum absolute atomic E-state index is 0.126. The molecule has 6 nitrogen and oxygen atoms in total. The molecule has 3 rings (SSSR count). The van der Waals surface area contributed by atoms with Gasteiger partial charge in [-0.05, 0) is 55.7 Å². The molecule has 1 aliphatic carbocycles. The van der Waals surface area contributed by atoms with Crippen LogP contribution in [0.1, 0.15) is 25.7 Å². The molecule has 0 saturated heterocycles. The fourth-order valence-corrected chi connectivity index (χ4v) is 3.33. The number of anilines is 1. The van der Waals surface area contributed by atoms with E-state index in [1.54, 1.807) is 31.4 Å². The first-order chi connectivity index (χ1) is 13.1. The van der Waals surface area contributed by atoms with Crippen molar-refractivity contribution >= 4 is 17.6 Å². The number of rotatable bonds is 6. The molecule has 2 aromatic carbocycles. The number of nitrogens with one attached hydrogen (secondary N) is 1. The van der Waals surface area contributed by atoms with Crippen molar-refractivity contribution in [3.63, 3.8) is 0 Å². The third-order valence-electron chi connectivity index (χ3n) is 4.81. The number of carbonyl (C=O) groups is 2. The molecule has 1 saturated carbocycles. The van der Waals surface area contributed by atoms with Crippen LogP contribution < -0.4 is 14.8 Å². The van der Waals surface area contributed by atoms with Crippen molar-refractivity contribution in [2.75, 3.05) is 12.4 Å². The molecular formula is C21H23NO5. The maximum absolute atomic E-state index is 12.4. The summed E-state index contributed by atoms with van der Waals surface area (Å²) in [7, 11) is 1.58. The topological polar surface area (TPSA) is 84.9 Å². The van der Waals surface area contributed by atoms with Crippen molar-refractivity contribution in [1.82, 2.24) is 0 Å². The van der Waals surface area contributed by atoms with Gasteiger partial charge in [-0.3, -0.25) is 9.59 Å². The number of para-hydroxylation sites is 2. The largest absolute Gasteiger partial charge is 0.493 e. The minimum atomic E-state index is -0.814. The van der Waals surface area contributed by atoms with Gasteiger partial charge in [-0.25, -0.2) is 0 Å². The van der Waals surface area contributed by atoms with Crippen molar-refractivity contribution in [1.29, 1.82) is 0 Å². The Hall–Kier alpha value is -3.02. The Bertz CT molecular complexity index is 802. The minimum Gasteiger partial charge on any atom is -0.493 e. The summed E-state index contributed by atoms with van der Waals surface area (Å²) in [4.78, 5) is 23.6. The summed E-state index contributed by atoms with van der Waals surface area (Å²) in [5, 5.41) is 12.0. The number of methoxy groups -OCH3 is 1. The molecule has 2 aromatic rings. The van der Waals surface area contributed by atoms with Crippen LogP contribution in [0.3, 0.4) is 0 Å². The molecule has 1 amide bonds. The van der Waals surface area contributed by atoms with E-state index in [9.17, 15) is 9.59 Å². The fraction of sp³-hybridized carbons (Fsp3) is 0.333. The van der Waals surface area contributed by atoms with Gasteiger partial charge in [0.05, 0.1) is 13.0 Å². The smallest absolute Gasteiger partial charge is 0.306 e. The predicted molar refractivity (Wildman–Crippen MR) is 101 cm³/mol. The van der Waals surface area contributed by atoms with Crippen LogP contribution in [0.4, 0.5) is 5.69 Å². The second-order valence-corrected chi connectivity index (χ2v) is 6.67. The Morgan fingerprint density at radius 1 is 1.00 bits per heavy atom. The molecule has 27 heavy (non-hydrogen) atoms. The lowest BCUT2D eigenvalue weighted by Gasteiger charge is -2.25. The van der Waals surface area contributed by atoms with E-state index in [4.69, 9.17) is 14.6 Å². The first kappa shape index (κ1) is 18.8. The highest BCUT2D eigenvalue weighted by Crippen LogP contribution is 2.32. The third kappa shape index (κ3) is 4.78. The number of hydrogen-bond acceptors (Lipinski definition) is 4. The van der Waals surface area contributed by atoms with Gasteiger partial charge in [-0.15, -0.1) is 0 Å². The van der Waals surface area contributed by atoms with Crippen LogP contribution in [0.15, 0.2) is 48.5 Å². The number of benzene rings is 2. The summed E-state index contributed by atoms with van der Waals surface area (Å²) in [6.45, 7) is 0. The molecule has 2 unspecified atom stereocenters. The van der Waals surface area contributed by atoms with Gasteiger partial charge in [0, 0.05) is 11.6 Å². The summed E-state index contributed by atoms with van der Waals surface area (Å²) in [6, 6.07) is 14.4. The molecule has 1 fully saturated rings. The maximum atomic E-state index is 12.4. The summed E-state index contributed by atoms with van der Waals surface area (Å²) in [6.07, 6.45) is 2.54. The van der Waals surface area contributed by atoms with Crippen molar-refractivity contribution in [3.8, 4) is 17.2 Å². The molecule has 0 bridgehead atoms. The number of carboxylic acid groups (broad SMARTS) is 1. The van der Waals surface area contributed by atoms with E-state index in [1.165, 1.54) is 0 Å². The van der Waals surface area contributed by atoms with Crippen LogP contribution >= 0.6 is 0 Å². The van der Waals surface area contributed by atoms with Gasteiger partial charge in [-0.2, -0.15) is 0 Å². The SMILES string of the molecule is COc1ccccc1Oc1ccc(NC(=O)C2CCCC(C(=O)O)C2)cc1. The highest BCUT2D eigenvalue weighted by molar-refractivity contribution is 5.93. The third-order valence-corrected chi connectivity index (χ3v) is 4.81. The van der Waals surface area contributed by atoms with Gasteiger partial charge >= 0.3 is 5.97 Å². The molecular weight excluding hydrogens is 346 g/mol. The van der Waals surface area contributed by atoms with Gasteiger partial charge in [0.2, 0.25) is 5.91 Å². The summed E-state index contributed by atoms with van der Waals surface area (Å²) in [5.41, 5.74) is 0.657. The zero-order valence-electron chi connectivity index (χ0n) is 15.2. The van der Waals surface area contributed by atoms with Gasteiger partial charge in [0.25, 0.3) is 0 Å². The lowest BCUT2D eigenvalue weighted by molar-refractivity contribution is -0.143. The average molecular weight is 369 g/mol. The van der Waals surface area contributed by atoms with Crippen LogP contribution in [0.2, 0.25) is 0 Å². The molecule has 2 N–H and O–H groups in total. The van der Waals surface area contributed by atoms with Crippen molar-refractivity contribution in [2.24, 2.45) is 11.8 Å². The summed E-state index contributed by atoms with van der Waals surface area (Å²) >= 11 is 0. The Labute approximate surface area is 158 Å². The highest BCUT2D eigenvalue weighted by Gasteiger charge is 2.31. The van der Waals surface area contributed by atoms with Crippen LogP contribution in [0.5, 0.6) is 17.2 Å². The van der Waals surface area contributed by atoms with Crippen LogP contribution in [0, 0.1) is 11.8 Å². The van der Waals surface area contributed by atoms with Crippen molar-refractivity contribution in [3.05, 3.63) is 48.5 Å². The molecule has 0 aliphatic heterocycles. The molecule has 6 heteroatoms. The number of aliphatic carboxylic acids is 1. The number of carboxylic acids is 1. The molecule has 0 aromatic heterocycles. The van der Waals surface area contributed by atoms with E-state index in [-0.39, 0.29) is 11.8 Å². The van der Waals surface area contributed by atoms with Gasteiger partial charge in [-0.1, -0.05) is 18.6 Å². The first-order valence-corrected chi connectivity index (χ1v) is 9.01. The van der Waals surface area contributed by atoms with E-state index >= 15 is 0 Å². The standard InChI is InChI=1S/C21H23NO5/c1-26-18-7-2-3-8-19(18)27-17-11-9-16(10-12-17)22-20(23)14-5-4-6-15(13-14)21(24)25/h2-3,7-12,14-15H,4-6,13H2,1H3,(H,22,23)(H,24,25). The maximum Gasteiger partial charge on any atom is 0.306 e. The second kappa shape index (κ2) is 8.58. The average Bonchev–Trinajstić information content (AvgIpc) is 2.70. The Balaban J connectivity index is 1.60. The van der Waals surface area contributed by atoms with E-state index in [2.05, 4.69) is 5.32 Å². The zero-order chi connectivity index (χ0) is 19.2. The molecule has 142 valence electrons. The summed E-state index contributed by atoms with van der Waals surface area (Å²) in [5.74, 6) is 0.250. The van der Waals surface area contributed by atoms with E-state index in [0.717, 1.165) is 12.8 Å². The molecule has 0 spiro atoms. The van der Waals surface area contributed by atoms with E-state index < -0.39 is 11.9 Å². The zero-order valence-corrected chi connectivity index (χ0v) is 15.2. The highest BCUT2D eigenvalue weighted by atomic mass is 16.5. The number of amides is 1. The van der Waals surface area contributed by atoms with Gasteiger partial charge in [0.15, 0.2) is 11.5 Å². The second-order valence-electron chi connectivity index (χ2n) is 6.67. The van der Waals surface area contributed by atoms with Crippen LogP contribution in [-0.4, -0.2) is 24.1 Å². The Kier molecular flexibility index (Phi) is 5.96. The van der Waals surface area contributed by atoms with Crippen LogP contribution in [0.25, 0.3) is 0 Å². The molecule has 1 aliphatic rings. The lowest BCUT2D eigenvalue weighted by atomic mass is 9.81. The predicted octanol–water partition coefficient (Wildman–Crippen LogP) is 4.32. The Morgan fingerprint density at radius 3 is 2.33 bits per heavy atom. The van der Waals surface area contributed by atoms with Crippen molar-refractivity contribution < 1.29 is 24.2 Å². The Morgan fingerprint density at radius 2 is 1.67 bits per heavy atom. The van der Waals surface area contributed by atoms with Gasteiger partial charge < -0.3 is 19.9 Å². The fourth-order valence-electron chi connectivity index (χ4n) is 3.33. The number of ether oxygens (including phenoxy) is 2. The number of carbonyl (C=O) groups excluding carboxylic acids is 1. The molecule has 2 atom stereocenters. The molecule has 0 heterocycles. The molecule has 0 radical (unpaired) electrons. The van der Waals surface area contributed by atoms with E-state index in [1.807, 2.05) is 24.3 Å². The van der Waals surface area contributed by atoms with E-state index in [0.29, 0.717) is 35.8 Å². The van der Waals surface area contributed by atoms with Gasteiger partial charge in [0.1, 0.15) is 5.75 Å². The lowest BCUT2D eigenvalue weighted by Crippen LogP contribution is -2.30. The first-order valence-electron chi connectivity index (χ1n) is 9.01. The normalized spacial score (nSPS) is 19.1. The number of hydrogen-bond donors (Lipinski definition) is 2. The summed E-state index contributed by atoms with van der Waals surface area (Å²) < 4.78 is 11.1. The van der Waals surface area contributed by atoms with Crippen molar-refractivity contribution in [2.45, 2.75) is 25.7 Å².